The van der Waals surface area contributed by atoms with Crippen LogP contribution in [0.3, 0.4) is 0 Å². The molecule has 3 aliphatic rings. The maximum absolute atomic E-state index is 5.94. The summed E-state index contributed by atoms with van der Waals surface area (Å²) in [7, 11) is 1.73. The van der Waals surface area contributed by atoms with Gasteiger partial charge in [-0.05, 0) is 25.8 Å². The fourth-order valence-corrected chi connectivity index (χ4v) is 3.77. The summed E-state index contributed by atoms with van der Waals surface area (Å²) in [6, 6.07) is 0.585. The van der Waals surface area contributed by atoms with Gasteiger partial charge in [-0.1, -0.05) is 0 Å². The molecule has 1 aromatic carbocycles. The van der Waals surface area contributed by atoms with Crippen LogP contribution in [0.4, 0.5) is 0 Å². The molecule has 0 amide bonds. The molecule has 0 bridgehead atoms. The summed E-state index contributed by atoms with van der Waals surface area (Å²) in [5, 5.41) is 3.59. The van der Waals surface area contributed by atoms with Crippen molar-refractivity contribution in [2.75, 3.05) is 26.9 Å². The third kappa shape index (κ3) is 1.78. The SMILES string of the molecule is COc1c2c(c(CC3CCCN3)c3c1OCC3)OCC2. The third-order valence-corrected chi connectivity index (χ3v) is 4.68. The minimum Gasteiger partial charge on any atom is -0.493 e. The van der Waals surface area contributed by atoms with Crippen molar-refractivity contribution in [3.05, 3.63) is 16.7 Å². The molecule has 20 heavy (non-hydrogen) atoms. The van der Waals surface area contributed by atoms with Gasteiger partial charge < -0.3 is 19.5 Å². The van der Waals surface area contributed by atoms with Gasteiger partial charge in [0.25, 0.3) is 0 Å². The normalized spacial score (nSPS) is 23.1. The molecule has 108 valence electrons. The smallest absolute Gasteiger partial charge is 0.168 e. The maximum Gasteiger partial charge on any atom is 0.168 e. The second kappa shape index (κ2) is 4.85. The molecule has 3 heterocycles. The van der Waals surface area contributed by atoms with E-state index in [1.165, 1.54) is 29.5 Å². The van der Waals surface area contributed by atoms with E-state index in [2.05, 4.69) is 5.32 Å². The van der Waals surface area contributed by atoms with E-state index in [9.17, 15) is 0 Å². The summed E-state index contributed by atoms with van der Waals surface area (Å²) < 4.78 is 17.4. The molecule has 3 aliphatic heterocycles. The molecule has 1 atom stereocenters. The zero-order valence-corrected chi connectivity index (χ0v) is 12.0. The number of nitrogens with one attached hydrogen (secondary N) is 1. The summed E-state index contributed by atoms with van der Waals surface area (Å²) in [5.41, 5.74) is 3.89. The van der Waals surface area contributed by atoms with E-state index >= 15 is 0 Å². The Balaban J connectivity index is 1.81. The van der Waals surface area contributed by atoms with Crippen molar-refractivity contribution in [1.29, 1.82) is 0 Å². The zero-order valence-electron chi connectivity index (χ0n) is 12.0. The molecule has 1 fully saturated rings. The molecule has 0 saturated carbocycles. The molecule has 4 nitrogen and oxygen atoms in total. The highest BCUT2D eigenvalue weighted by atomic mass is 16.5. The number of ether oxygens (including phenoxy) is 3. The number of benzene rings is 1. The van der Waals surface area contributed by atoms with Gasteiger partial charge in [-0.25, -0.2) is 0 Å². The molecule has 1 aromatic rings. The summed E-state index contributed by atoms with van der Waals surface area (Å²) in [4.78, 5) is 0. The van der Waals surface area contributed by atoms with Gasteiger partial charge in [0.15, 0.2) is 11.5 Å². The lowest BCUT2D eigenvalue weighted by Crippen LogP contribution is -2.24. The molecule has 4 heteroatoms. The van der Waals surface area contributed by atoms with Crippen molar-refractivity contribution in [3.8, 4) is 17.2 Å². The Labute approximate surface area is 119 Å². The minimum absolute atomic E-state index is 0.585. The van der Waals surface area contributed by atoms with E-state index in [1.54, 1.807) is 7.11 Å². The second-order valence-electron chi connectivity index (χ2n) is 5.82. The van der Waals surface area contributed by atoms with E-state index in [0.29, 0.717) is 6.04 Å². The number of hydrogen-bond donors (Lipinski definition) is 1. The first-order valence-corrected chi connectivity index (χ1v) is 7.62. The topological polar surface area (TPSA) is 39.7 Å². The zero-order chi connectivity index (χ0) is 13.5. The first-order chi connectivity index (χ1) is 9.88. The van der Waals surface area contributed by atoms with Crippen LogP contribution in [-0.2, 0) is 19.3 Å². The number of methoxy groups -OCH3 is 1. The lowest BCUT2D eigenvalue weighted by atomic mass is 9.93. The Bertz CT molecular complexity index is 500. The van der Waals surface area contributed by atoms with Gasteiger partial charge in [0, 0.05) is 35.6 Å². The summed E-state index contributed by atoms with van der Waals surface area (Å²) in [6.07, 6.45) is 5.50. The predicted molar refractivity (Wildman–Crippen MR) is 76.1 cm³/mol. The Hall–Kier alpha value is -1.42. The van der Waals surface area contributed by atoms with Crippen LogP contribution in [0.5, 0.6) is 17.2 Å². The molecule has 4 rings (SSSR count). The van der Waals surface area contributed by atoms with Crippen molar-refractivity contribution < 1.29 is 14.2 Å². The first-order valence-electron chi connectivity index (χ1n) is 7.62. The van der Waals surface area contributed by atoms with Crippen LogP contribution in [0, 0.1) is 0 Å². The quantitative estimate of drug-likeness (QED) is 0.914. The largest absolute Gasteiger partial charge is 0.493 e. The van der Waals surface area contributed by atoms with Gasteiger partial charge in [0.1, 0.15) is 5.75 Å². The monoisotopic (exact) mass is 275 g/mol. The van der Waals surface area contributed by atoms with Crippen molar-refractivity contribution in [2.45, 2.75) is 38.1 Å². The van der Waals surface area contributed by atoms with E-state index in [4.69, 9.17) is 14.2 Å². The van der Waals surface area contributed by atoms with Crippen LogP contribution in [0.2, 0.25) is 0 Å². The highest BCUT2D eigenvalue weighted by Gasteiger charge is 2.33. The fourth-order valence-electron chi connectivity index (χ4n) is 3.77. The first kappa shape index (κ1) is 12.3. The molecule has 1 N–H and O–H groups in total. The molecule has 0 radical (unpaired) electrons. The Morgan fingerprint density at radius 1 is 1.15 bits per heavy atom. The van der Waals surface area contributed by atoms with E-state index in [-0.39, 0.29) is 0 Å². The molecule has 0 spiro atoms. The van der Waals surface area contributed by atoms with Gasteiger partial charge in [0.05, 0.1) is 20.3 Å². The van der Waals surface area contributed by atoms with Crippen molar-refractivity contribution in [2.24, 2.45) is 0 Å². The maximum atomic E-state index is 5.94. The van der Waals surface area contributed by atoms with E-state index < -0.39 is 0 Å². The average Bonchev–Trinajstić information content (AvgIpc) is 3.19. The number of rotatable bonds is 3. The summed E-state index contributed by atoms with van der Waals surface area (Å²) >= 11 is 0. The highest BCUT2D eigenvalue weighted by molar-refractivity contribution is 5.65. The molecule has 0 aromatic heterocycles. The molecular weight excluding hydrogens is 254 g/mol. The molecular formula is C16H21NO3. The van der Waals surface area contributed by atoms with E-state index in [0.717, 1.165) is 56.3 Å². The van der Waals surface area contributed by atoms with Gasteiger partial charge in [-0.15, -0.1) is 0 Å². The second-order valence-corrected chi connectivity index (χ2v) is 5.82. The van der Waals surface area contributed by atoms with Crippen molar-refractivity contribution in [1.82, 2.24) is 5.32 Å². The summed E-state index contributed by atoms with van der Waals surface area (Å²) in [5.74, 6) is 2.97. The predicted octanol–water partition coefficient (Wildman–Crippen LogP) is 1.86. The van der Waals surface area contributed by atoms with Gasteiger partial charge in [0.2, 0.25) is 0 Å². The lowest BCUT2D eigenvalue weighted by Gasteiger charge is -2.19. The van der Waals surface area contributed by atoms with Gasteiger partial charge in [-0.2, -0.15) is 0 Å². The number of hydrogen-bond acceptors (Lipinski definition) is 4. The van der Waals surface area contributed by atoms with Crippen molar-refractivity contribution in [3.63, 3.8) is 0 Å². The summed E-state index contributed by atoms with van der Waals surface area (Å²) in [6.45, 7) is 2.67. The van der Waals surface area contributed by atoms with Crippen LogP contribution in [0.1, 0.15) is 29.5 Å². The van der Waals surface area contributed by atoms with E-state index in [1.807, 2.05) is 0 Å². The minimum atomic E-state index is 0.585. The standard InChI is InChI=1S/C16H21NO3/c1-18-15-12-5-8-19-14(12)13(9-10-3-2-6-17-10)11-4-7-20-16(11)15/h10,17H,2-9H2,1H3. The molecule has 1 saturated heterocycles. The molecule has 0 aliphatic carbocycles. The third-order valence-electron chi connectivity index (χ3n) is 4.68. The Kier molecular flexibility index (Phi) is 2.99. The Morgan fingerprint density at radius 2 is 1.95 bits per heavy atom. The Morgan fingerprint density at radius 3 is 2.70 bits per heavy atom. The van der Waals surface area contributed by atoms with Gasteiger partial charge in [-0.3, -0.25) is 0 Å². The van der Waals surface area contributed by atoms with Crippen LogP contribution in [-0.4, -0.2) is 32.9 Å². The average molecular weight is 275 g/mol. The van der Waals surface area contributed by atoms with Crippen LogP contribution in [0.25, 0.3) is 0 Å². The highest BCUT2D eigenvalue weighted by Crippen LogP contribution is 2.49. The fraction of sp³-hybridized carbons (Fsp3) is 0.625. The lowest BCUT2D eigenvalue weighted by molar-refractivity contribution is 0.324. The van der Waals surface area contributed by atoms with Crippen molar-refractivity contribution >= 4 is 0 Å². The van der Waals surface area contributed by atoms with Crippen LogP contribution in [0.15, 0.2) is 0 Å². The van der Waals surface area contributed by atoms with Crippen LogP contribution >= 0.6 is 0 Å². The van der Waals surface area contributed by atoms with Crippen LogP contribution < -0.4 is 19.5 Å². The number of fused-ring (bicyclic) bond motifs is 2. The molecule has 1 unspecified atom stereocenters. The van der Waals surface area contributed by atoms with Gasteiger partial charge >= 0.3 is 0 Å².